The quantitative estimate of drug-likeness (QED) is 0.614. The third-order valence-electron chi connectivity index (χ3n) is 3.06. The van der Waals surface area contributed by atoms with Crippen LogP contribution in [0.3, 0.4) is 0 Å². The van der Waals surface area contributed by atoms with Crippen molar-refractivity contribution in [3.8, 4) is 0 Å². The molecule has 0 spiro atoms. The summed E-state index contributed by atoms with van der Waals surface area (Å²) in [4.78, 5) is 0. The Bertz CT molecular complexity index is 131. The summed E-state index contributed by atoms with van der Waals surface area (Å²) in [6, 6.07) is 2.96. The van der Waals surface area contributed by atoms with Gasteiger partial charge in [0.25, 0.3) is 0 Å². The van der Waals surface area contributed by atoms with Crippen LogP contribution in [0.5, 0.6) is 0 Å². The van der Waals surface area contributed by atoms with Gasteiger partial charge < -0.3 is 4.23 Å². The maximum Gasteiger partial charge on any atom is 0.122 e. The van der Waals surface area contributed by atoms with E-state index < -0.39 is 8.24 Å². The molecule has 3 heteroatoms. The van der Waals surface area contributed by atoms with Gasteiger partial charge in [-0.3, -0.25) is 0 Å². The highest BCUT2D eigenvalue weighted by molar-refractivity contribution is 6.84. The Morgan fingerprint density at radius 1 is 1.08 bits per heavy atom. The first-order chi connectivity index (χ1) is 5.98. The number of hydrogen-bond donors (Lipinski definition) is 0. The maximum atomic E-state index is 2.77. The summed E-state index contributed by atoms with van der Waals surface area (Å²) in [5.74, 6) is 0. The van der Waals surface area contributed by atoms with E-state index >= 15 is 0 Å². The molecule has 0 rings (SSSR count). The van der Waals surface area contributed by atoms with Crippen LogP contribution in [0, 0.1) is 0 Å². The van der Waals surface area contributed by atoms with Crippen molar-refractivity contribution in [2.45, 2.75) is 58.4 Å². The minimum absolute atomic E-state index is 0.218. The molecule has 0 aliphatic rings. The third-order valence-corrected chi connectivity index (χ3v) is 12.1. The second-order valence-corrected chi connectivity index (χ2v) is 12.2. The number of hydrogen-bond acceptors (Lipinski definition) is 1. The van der Waals surface area contributed by atoms with Crippen LogP contribution in [0.25, 0.3) is 0 Å². The second kappa shape index (κ2) is 5.99. The van der Waals surface area contributed by atoms with Gasteiger partial charge in [-0.1, -0.05) is 46.3 Å². The lowest BCUT2D eigenvalue weighted by Gasteiger charge is -2.39. The van der Waals surface area contributed by atoms with Gasteiger partial charge in [0, 0.05) is 0 Å². The van der Waals surface area contributed by atoms with E-state index in [1.54, 1.807) is 0 Å². The van der Waals surface area contributed by atoms with E-state index in [-0.39, 0.29) is 8.96 Å². The van der Waals surface area contributed by atoms with Gasteiger partial charge in [-0.15, -0.1) is 0 Å². The number of rotatable bonds is 6. The van der Waals surface area contributed by atoms with Gasteiger partial charge in [-0.2, -0.15) is 0 Å². The molecule has 0 unspecified atom stereocenters. The molecule has 0 saturated carbocycles. The van der Waals surface area contributed by atoms with Crippen molar-refractivity contribution in [3.63, 3.8) is 0 Å². The molecule has 0 aromatic rings. The highest BCUT2D eigenvalue weighted by Crippen LogP contribution is 2.23. The summed E-state index contributed by atoms with van der Waals surface area (Å²) in [5, 5.41) is 0. The molecular formula is C10H26NSi2. The molecule has 0 aromatic carbocycles. The second-order valence-electron chi connectivity index (χ2n) is 4.50. The minimum Gasteiger partial charge on any atom is -0.349 e. The van der Waals surface area contributed by atoms with Gasteiger partial charge in [0.05, 0.1) is 0 Å². The molecule has 0 bridgehead atoms. The lowest BCUT2D eigenvalue weighted by molar-refractivity contribution is 0.732. The third kappa shape index (κ3) is 3.96. The molecule has 0 amide bonds. The molecule has 1 radical (unpaired) electrons. The van der Waals surface area contributed by atoms with Crippen molar-refractivity contribution < 1.29 is 0 Å². The predicted molar refractivity (Wildman–Crippen MR) is 67.1 cm³/mol. The molecule has 0 aliphatic carbocycles. The highest BCUT2D eigenvalue weighted by atomic mass is 28.4. The van der Waals surface area contributed by atoms with Gasteiger partial charge in [0.2, 0.25) is 0 Å². The predicted octanol–water partition coefficient (Wildman–Crippen LogP) is 3.56. The first-order valence-electron chi connectivity index (χ1n) is 5.52. The molecule has 0 heterocycles. The van der Waals surface area contributed by atoms with E-state index in [9.17, 15) is 0 Å². The van der Waals surface area contributed by atoms with Crippen molar-refractivity contribution >= 4 is 17.2 Å². The van der Waals surface area contributed by atoms with Crippen LogP contribution in [0.2, 0.25) is 31.7 Å². The van der Waals surface area contributed by atoms with E-state index in [2.05, 4.69) is 44.8 Å². The van der Waals surface area contributed by atoms with Crippen LogP contribution < -0.4 is 0 Å². The van der Waals surface area contributed by atoms with E-state index in [1.165, 1.54) is 24.9 Å². The molecule has 0 atom stereocenters. The van der Waals surface area contributed by atoms with Crippen LogP contribution in [0.15, 0.2) is 0 Å². The molecule has 1 nitrogen and oxygen atoms in total. The lowest BCUT2D eigenvalue weighted by atomic mass is 10.6. The largest absolute Gasteiger partial charge is 0.349 e. The van der Waals surface area contributed by atoms with E-state index in [4.69, 9.17) is 0 Å². The van der Waals surface area contributed by atoms with Gasteiger partial charge in [0.1, 0.15) is 17.2 Å². The molecule has 0 aromatic heterocycles. The monoisotopic (exact) mass is 216 g/mol. The van der Waals surface area contributed by atoms with Gasteiger partial charge in [0.15, 0.2) is 0 Å². The molecule has 13 heavy (non-hydrogen) atoms. The zero-order valence-corrected chi connectivity index (χ0v) is 12.3. The standard InChI is InChI=1S/C10H26NSi2/c1-7-9-13(6,10-8-2)11(3)12(4)5/h7-10H2,1-6H3. The molecule has 0 N–H and O–H groups in total. The zero-order chi connectivity index (χ0) is 10.5. The van der Waals surface area contributed by atoms with E-state index in [0.717, 1.165) is 0 Å². The minimum atomic E-state index is -1.04. The lowest BCUT2D eigenvalue weighted by Crippen LogP contribution is -2.53. The Morgan fingerprint density at radius 3 is 1.69 bits per heavy atom. The Balaban J connectivity index is 4.36. The Morgan fingerprint density at radius 2 is 1.46 bits per heavy atom. The van der Waals surface area contributed by atoms with Crippen molar-refractivity contribution in [3.05, 3.63) is 0 Å². The normalized spacial score (nSPS) is 12.9. The summed E-state index contributed by atoms with van der Waals surface area (Å²) >= 11 is 0. The smallest absolute Gasteiger partial charge is 0.122 e. The highest BCUT2D eigenvalue weighted by Gasteiger charge is 2.31. The Hall–Kier alpha value is 0.394. The average molecular weight is 216 g/mol. The molecule has 79 valence electrons. The van der Waals surface area contributed by atoms with Crippen molar-refractivity contribution in [2.24, 2.45) is 0 Å². The molecule has 0 fully saturated rings. The van der Waals surface area contributed by atoms with Gasteiger partial charge >= 0.3 is 0 Å². The van der Waals surface area contributed by atoms with E-state index in [1.807, 2.05) is 0 Å². The molecular weight excluding hydrogens is 190 g/mol. The van der Waals surface area contributed by atoms with Crippen LogP contribution in [-0.4, -0.2) is 28.5 Å². The summed E-state index contributed by atoms with van der Waals surface area (Å²) < 4.78 is 2.77. The van der Waals surface area contributed by atoms with Gasteiger partial charge in [-0.05, 0) is 19.1 Å². The molecule has 0 aliphatic heterocycles. The van der Waals surface area contributed by atoms with E-state index in [0.29, 0.717) is 0 Å². The Kier molecular flexibility index (Phi) is 6.17. The first-order valence-corrected chi connectivity index (χ1v) is 10.8. The van der Waals surface area contributed by atoms with Crippen LogP contribution in [-0.2, 0) is 0 Å². The van der Waals surface area contributed by atoms with Crippen LogP contribution in [0.4, 0.5) is 0 Å². The van der Waals surface area contributed by atoms with Crippen LogP contribution in [0.1, 0.15) is 26.7 Å². The molecule has 0 saturated heterocycles. The average Bonchev–Trinajstić information content (AvgIpc) is 2.03. The maximum absolute atomic E-state index is 2.77. The zero-order valence-electron chi connectivity index (χ0n) is 10.3. The first kappa shape index (κ1) is 13.4. The van der Waals surface area contributed by atoms with Crippen molar-refractivity contribution in [1.29, 1.82) is 0 Å². The van der Waals surface area contributed by atoms with Crippen LogP contribution >= 0.6 is 0 Å². The topological polar surface area (TPSA) is 3.24 Å². The fourth-order valence-corrected chi connectivity index (χ4v) is 10.1. The summed E-state index contributed by atoms with van der Waals surface area (Å²) in [6.07, 6.45) is 2.73. The van der Waals surface area contributed by atoms with Gasteiger partial charge in [-0.25, -0.2) is 0 Å². The fourth-order valence-electron chi connectivity index (χ4n) is 2.08. The fraction of sp³-hybridized carbons (Fsp3) is 1.00. The summed E-state index contributed by atoms with van der Waals surface area (Å²) in [6.45, 7) is 12.1. The van der Waals surface area contributed by atoms with Crippen molar-refractivity contribution in [1.82, 2.24) is 4.23 Å². The Labute approximate surface area is 87.3 Å². The van der Waals surface area contributed by atoms with Crippen molar-refractivity contribution in [2.75, 3.05) is 7.05 Å². The number of nitrogens with zero attached hydrogens (tertiary/aromatic N) is 1. The summed E-state index contributed by atoms with van der Waals surface area (Å²) in [7, 11) is 1.11. The summed E-state index contributed by atoms with van der Waals surface area (Å²) in [5.41, 5.74) is 0. The SMILES string of the molecule is CCC[Si](C)(CCC)N(C)[Si](C)C.